The molecule has 1 aromatic heterocycles. The summed E-state index contributed by atoms with van der Waals surface area (Å²) in [5.74, 6) is -0.860. The molecule has 102 valence electrons. The number of para-hydroxylation sites is 1. The van der Waals surface area contributed by atoms with E-state index in [1.165, 1.54) is 13.2 Å². The first-order valence-electron chi connectivity index (χ1n) is 6.07. The van der Waals surface area contributed by atoms with E-state index in [9.17, 15) is 9.59 Å². The zero-order chi connectivity index (χ0) is 14.4. The van der Waals surface area contributed by atoms with Crippen molar-refractivity contribution in [1.29, 1.82) is 0 Å². The molecule has 5 nitrogen and oxygen atoms in total. The molecule has 5 heteroatoms. The summed E-state index contributed by atoms with van der Waals surface area (Å²) in [4.78, 5) is 26.7. The van der Waals surface area contributed by atoms with Gasteiger partial charge in [0.05, 0.1) is 18.3 Å². The van der Waals surface area contributed by atoms with Gasteiger partial charge in [-0.05, 0) is 18.2 Å². The van der Waals surface area contributed by atoms with Crippen LogP contribution < -0.4 is 5.32 Å². The second kappa shape index (κ2) is 6.47. The van der Waals surface area contributed by atoms with Crippen LogP contribution in [0.25, 0.3) is 17.0 Å². The average molecular weight is 270 g/mol. The smallest absolute Gasteiger partial charge is 0.325 e. The third kappa shape index (κ3) is 3.65. The number of carbonyl (C=O) groups is 2. The van der Waals surface area contributed by atoms with Crippen LogP contribution in [0.1, 0.15) is 5.69 Å². The van der Waals surface area contributed by atoms with Crippen molar-refractivity contribution in [3.05, 3.63) is 48.2 Å². The third-order valence-corrected chi connectivity index (χ3v) is 2.66. The van der Waals surface area contributed by atoms with Crippen LogP contribution in [0, 0.1) is 0 Å². The maximum Gasteiger partial charge on any atom is 0.325 e. The summed E-state index contributed by atoms with van der Waals surface area (Å²) in [5.41, 5.74) is 1.54. The molecule has 0 aliphatic rings. The minimum atomic E-state index is -0.490. The summed E-state index contributed by atoms with van der Waals surface area (Å²) in [5, 5.41) is 3.45. The van der Waals surface area contributed by atoms with Crippen molar-refractivity contribution in [2.75, 3.05) is 13.7 Å². The normalized spacial score (nSPS) is 10.7. The van der Waals surface area contributed by atoms with E-state index >= 15 is 0 Å². The molecule has 1 N–H and O–H groups in total. The van der Waals surface area contributed by atoms with Gasteiger partial charge >= 0.3 is 5.97 Å². The highest BCUT2D eigenvalue weighted by atomic mass is 16.5. The first-order valence-corrected chi connectivity index (χ1v) is 6.07. The van der Waals surface area contributed by atoms with Gasteiger partial charge in [-0.15, -0.1) is 0 Å². The first-order chi connectivity index (χ1) is 9.69. The third-order valence-electron chi connectivity index (χ3n) is 2.66. The first kappa shape index (κ1) is 13.7. The Bertz CT molecular complexity index is 665. The summed E-state index contributed by atoms with van der Waals surface area (Å²) in [7, 11) is 1.27. The number of amides is 1. The highest BCUT2D eigenvalue weighted by molar-refractivity contribution is 5.93. The number of ether oxygens (including phenoxy) is 1. The van der Waals surface area contributed by atoms with Gasteiger partial charge in [-0.25, -0.2) is 4.98 Å². The van der Waals surface area contributed by atoms with Gasteiger partial charge in [0, 0.05) is 11.5 Å². The minimum Gasteiger partial charge on any atom is -0.468 e. The van der Waals surface area contributed by atoms with Crippen LogP contribution in [0.3, 0.4) is 0 Å². The molecule has 0 bridgehead atoms. The van der Waals surface area contributed by atoms with Crippen LogP contribution in [0.5, 0.6) is 0 Å². The summed E-state index contributed by atoms with van der Waals surface area (Å²) >= 11 is 0. The van der Waals surface area contributed by atoms with Crippen molar-refractivity contribution in [2.24, 2.45) is 0 Å². The number of nitrogens with one attached hydrogen (secondary N) is 1. The Morgan fingerprint density at radius 1 is 1.25 bits per heavy atom. The molecule has 0 aliphatic heterocycles. The topological polar surface area (TPSA) is 68.3 Å². The van der Waals surface area contributed by atoms with E-state index in [2.05, 4.69) is 15.0 Å². The lowest BCUT2D eigenvalue weighted by atomic mass is 10.2. The van der Waals surface area contributed by atoms with Gasteiger partial charge in [-0.3, -0.25) is 9.59 Å². The molecule has 1 aromatic carbocycles. The van der Waals surface area contributed by atoms with Gasteiger partial charge in [0.15, 0.2) is 0 Å². The van der Waals surface area contributed by atoms with Crippen LogP contribution in [-0.4, -0.2) is 30.5 Å². The van der Waals surface area contributed by atoms with Crippen LogP contribution in [-0.2, 0) is 14.3 Å². The molecule has 0 saturated heterocycles. The fourth-order valence-corrected chi connectivity index (χ4v) is 1.63. The fourth-order valence-electron chi connectivity index (χ4n) is 1.63. The highest BCUT2D eigenvalue weighted by Gasteiger charge is 2.01. The molecule has 0 unspecified atom stereocenters. The molecule has 0 saturated carbocycles. The number of hydrogen-bond acceptors (Lipinski definition) is 4. The van der Waals surface area contributed by atoms with Crippen molar-refractivity contribution in [3.8, 4) is 0 Å². The van der Waals surface area contributed by atoms with Crippen LogP contribution in [0.2, 0.25) is 0 Å². The largest absolute Gasteiger partial charge is 0.468 e. The molecule has 0 radical (unpaired) electrons. The van der Waals surface area contributed by atoms with Gasteiger partial charge < -0.3 is 10.1 Å². The van der Waals surface area contributed by atoms with Gasteiger partial charge in [-0.1, -0.05) is 24.3 Å². The molecule has 2 aromatic rings. The maximum absolute atomic E-state index is 11.5. The van der Waals surface area contributed by atoms with E-state index in [4.69, 9.17) is 0 Å². The predicted octanol–water partition coefficient (Wildman–Crippen LogP) is 1.54. The van der Waals surface area contributed by atoms with E-state index in [0.717, 1.165) is 10.9 Å². The molecular formula is C15H14N2O3. The molecule has 1 amide bonds. The van der Waals surface area contributed by atoms with Crippen molar-refractivity contribution in [2.45, 2.75) is 0 Å². The summed E-state index contributed by atoms with van der Waals surface area (Å²) < 4.78 is 4.42. The fraction of sp³-hybridized carbons (Fsp3) is 0.133. The monoisotopic (exact) mass is 270 g/mol. The molecule has 1 heterocycles. The number of methoxy groups -OCH3 is 1. The number of aromatic nitrogens is 1. The number of hydrogen-bond donors (Lipinski definition) is 1. The Balaban J connectivity index is 2.02. The molecule has 0 fully saturated rings. The van der Waals surface area contributed by atoms with Crippen LogP contribution >= 0.6 is 0 Å². The molecule has 2 rings (SSSR count). The standard InChI is InChI=1S/C15H14N2O3/c1-20-15(19)10-16-14(18)9-8-12-7-6-11-4-2-3-5-13(11)17-12/h2-9H,10H2,1H3,(H,16,18)/b9-8+. The Labute approximate surface area is 116 Å². The number of esters is 1. The lowest BCUT2D eigenvalue weighted by Crippen LogP contribution is -2.28. The van der Waals surface area contributed by atoms with Crippen LogP contribution in [0.4, 0.5) is 0 Å². The van der Waals surface area contributed by atoms with Gasteiger partial charge in [0.1, 0.15) is 6.54 Å². The number of rotatable bonds is 4. The highest BCUT2D eigenvalue weighted by Crippen LogP contribution is 2.12. The average Bonchev–Trinajstić information content (AvgIpc) is 2.50. The van der Waals surface area contributed by atoms with Gasteiger partial charge in [0.2, 0.25) is 5.91 Å². The van der Waals surface area contributed by atoms with Crippen LogP contribution in [0.15, 0.2) is 42.5 Å². The second-order valence-corrected chi connectivity index (χ2v) is 4.06. The maximum atomic E-state index is 11.5. The van der Waals surface area contributed by atoms with Crippen molar-refractivity contribution in [1.82, 2.24) is 10.3 Å². The summed E-state index contributed by atoms with van der Waals surface area (Å²) in [6, 6.07) is 11.5. The summed E-state index contributed by atoms with van der Waals surface area (Å²) in [6.45, 7) is -0.148. The minimum absolute atomic E-state index is 0.148. The number of nitrogens with zero attached hydrogens (tertiary/aromatic N) is 1. The van der Waals surface area contributed by atoms with E-state index < -0.39 is 5.97 Å². The molecule has 0 spiro atoms. The van der Waals surface area contributed by atoms with Crippen molar-refractivity contribution < 1.29 is 14.3 Å². The molecule has 0 atom stereocenters. The Kier molecular flexibility index (Phi) is 4.44. The van der Waals surface area contributed by atoms with E-state index in [1.54, 1.807) is 6.08 Å². The van der Waals surface area contributed by atoms with E-state index in [1.807, 2.05) is 36.4 Å². The lowest BCUT2D eigenvalue weighted by Gasteiger charge is -2.00. The van der Waals surface area contributed by atoms with Crippen molar-refractivity contribution >= 4 is 28.9 Å². The number of pyridine rings is 1. The van der Waals surface area contributed by atoms with Gasteiger partial charge in [0.25, 0.3) is 0 Å². The quantitative estimate of drug-likeness (QED) is 0.676. The van der Waals surface area contributed by atoms with E-state index in [-0.39, 0.29) is 12.5 Å². The Morgan fingerprint density at radius 2 is 2.05 bits per heavy atom. The number of carbonyl (C=O) groups excluding carboxylic acids is 2. The Hall–Kier alpha value is -2.69. The number of fused-ring (bicyclic) bond motifs is 1. The molecule has 0 aliphatic carbocycles. The SMILES string of the molecule is COC(=O)CNC(=O)/C=C/c1ccc2ccccc2n1. The second-order valence-electron chi connectivity index (χ2n) is 4.06. The molecule has 20 heavy (non-hydrogen) atoms. The van der Waals surface area contributed by atoms with Crippen molar-refractivity contribution in [3.63, 3.8) is 0 Å². The lowest BCUT2D eigenvalue weighted by molar-refractivity contribution is -0.140. The van der Waals surface area contributed by atoms with E-state index in [0.29, 0.717) is 5.69 Å². The van der Waals surface area contributed by atoms with Gasteiger partial charge in [-0.2, -0.15) is 0 Å². The Morgan fingerprint density at radius 3 is 2.85 bits per heavy atom. The molecular weight excluding hydrogens is 256 g/mol. The zero-order valence-corrected chi connectivity index (χ0v) is 11.0. The number of benzene rings is 1. The predicted molar refractivity (Wildman–Crippen MR) is 75.8 cm³/mol. The summed E-state index contributed by atoms with van der Waals surface area (Å²) in [6.07, 6.45) is 2.93. The zero-order valence-electron chi connectivity index (χ0n) is 11.0.